The number of carbonyl (C=O) groups is 1. The van der Waals surface area contributed by atoms with Crippen molar-refractivity contribution < 1.29 is 14.4 Å². The van der Waals surface area contributed by atoms with Crippen LogP contribution >= 0.6 is 0 Å². The highest BCUT2D eigenvalue weighted by molar-refractivity contribution is 6.01. The van der Waals surface area contributed by atoms with Crippen LogP contribution in [-0.4, -0.2) is 38.5 Å². The highest BCUT2D eigenvalue weighted by atomic mass is 16.5. The van der Waals surface area contributed by atoms with E-state index in [-0.39, 0.29) is 11.6 Å². The molecule has 170 valence electrons. The van der Waals surface area contributed by atoms with Crippen molar-refractivity contribution in [3.8, 4) is 34.6 Å². The van der Waals surface area contributed by atoms with Gasteiger partial charge in [0, 0.05) is 36.1 Å². The van der Waals surface area contributed by atoms with Gasteiger partial charge in [-0.25, -0.2) is 4.79 Å². The van der Waals surface area contributed by atoms with E-state index in [0.29, 0.717) is 0 Å². The first-order valence-electron chi connectivity index (χ1n) is 10.7. The fourth-order valence-electron chi connectivity index (χ4n) is 4.16. The van der Waals surface area contributed by atoms with Gasteiger partial charge in [0.25, 0.3) is 0 Å². The Morgan fingerprint density at radius 2 is 2.00 bits per heavy atom. The van der Waals surface area contributed by atoms with E-state index in [1.165, 1.54) is 0 Å². The summed E-state index contributed by atoms with van der Waals surface area (Å²) in [6.45, 7) is 5.82. The third-order valence-electron chi connectivity index (χ3n) is 5.89. The molecule has 0 aliphatic rings. The summed E-state index contributed by atoms with van der Waals surface area (Å²) < 4.78 is 7.47. The van der Waals surface area contributed by atoms with E-state index in [9.17, 15) is 9.90 Å². The number of nitrogens with zero attached hydrogens (tertiary/aromatic N) is 4. The molecule has 0 aliphatic heterocycles. The van der Waals surface area contributed by atoms with E-state index in [2.05, 4.69) is 26.7 Å². The average Bonchev–Trinajstić information content (AvgIpc) is 3.38. The zero-order valence-electron chi connectivity index (χ0n) is 19.4. The number of aliphatic imine (C=N–C) groups is 1. The second-order valence-corrected chi connectivity index (χ2v) is 7.95. The van der Waals surface area contributed by atoms with Gasteiger partial charge in [-0.05, 0) is 56.7 Å². The van der Waals surface area contributed by atoms with E-state index in [4.69, 9.17) is 15.9 Å². The number of rotatable bonds is 6. The number of terminal acetylenes is 1. The Morgan fingerprint density at radius 3 is 2.59 bits per heavy atom. The van der Waals surface area contributed by atoms with E-state index in [1.54, 1.807) is 37.4 Å². The van der Waals surface area contributed by atoms with E-state index in [0.717, 1.165) is 50.5 Å². The maximum Gasteiger partial charge on any atom is 0.335 e. The van der Waals surface area contributed by atoms with Crippen molar-refractivity contribution in [3.63, 3.8) is 0 Å². The molecule has 1 atom stereocenters. The van der Waals surface area contributed by atoms with Gasteiger partial charge < -0.3 is 14.2 Å². The Morgan fingerprint density at radius 1 is 1.26 bits per heavy atom. The molecule has 1 N–H and O–H groups in total. The molecule has 0 bridgehead atoms. The molecule has 0 radical (unpaired) electrons. The lowest BCUT2D eigenvalue weighted by Gasteiger charge is -2.15. The number of carboxylic acids is 1. The maximum atomic E-state index is 11.3. The Labute approximate surface area is 197 Å². The van der Waals surface area contributed by atoms with Gasteiger partial charge >= 0.3 is 5.97 Å². The first-order chi connectivity index (χ1) is 16.3. The Hall–Kier alpha value is -4.44. The topological polar surface area (TPSA) is 93.5 Å². The summed E-state index contributed by atoms with van der Waals surface area (Å²) >= 11 is 0. The number of aromatic carboxylic acids is 1. The van der Waals surface area contributed by atoms with Gasteiger partial charge in [-0.2, -0.15) is 0 Å². The number of aromatic nitrogens is 3. The molecule has 4 rings (SSSR count). The lowest BCUT2D eigenvalue weighted by molar-refractivity contribution is 0.0697. The number of hydrogen-bond donors (Lipinski definition) is 1. The van der Waals surface area contributed by atoms with Crippen LogP contribution in [0.5, 0.6) is 0 Å². The van der Waals surface area contributed by atoms with Gasteiger partial charge in [0.15, 0.2) is 0 Å². The molecule has 0 saturated carbocycles. The first kappa shape index (κ1) is 22.7. The summed E-state index contributed by atoms with van der Waals surface area (Å²) in [6, 6.07) is 8.71. The van der Waals surface area contributed by atoms with E-state index >= 15 is 0 Å². The number of benzene rings is 1. The van der Waals surface area contributed by atoms with Crippen molar-refractivity contribution in [2.45, 2.75) is 26.8 Å². The minimum absolute atomic E-state index is 0.133. The highest BCUT2D eigenvalue weighted by Gasteiger charge is 2.20. The van der Waals surface area contributed by atoms with Gasteiger partial charge in [0.1, 0.15) is 5.76 Å². The third kappa shape index (κ3) is 4.02. The second kappa shape index (κ2) is 9.20. The zero-order chi connectivity index (χ0) is 24.4. The Bertz CT molecular complexity index is 1460. The number of fused-ring (bicyclic) bond motifs is 1. The summed E-state index contributed by atoms with van der Waals surface area (Å²) in [5.74, 6) is 2.27. The van der Waals surface area contributed by atoms with E-state index in [1.807, 2.05) is 39.2 Å². The minimum Gasteiger partial charge on any atom is -0.478 e. The van der Waals surface area contributed by atoms with Crippen LogP contribution in [0.25, 0.3) is 33.3 Å². The quantitative estimate of drug-likeness (QED) is 0.308. The molecule has 4 aromatic rings. The fraction of sp³-hybridized carbons (Fsp3) is 0.185. The fourth-order valence-corrected chi connectivity index (χ4v) is 4.16. The molecular weight excluding hydrogens is 428 g/mol. The third-order valence-corrected chi connectivity index (χ3v) is 5.89. The second-order valence-electron chi connectivity index (χ2n) is 7.95. The molecule has 7 nitrogen and oxygen atoms in total. The number of aryl methyl sites for hydroxylation is 2. The largest absolute Gasteiger partial charge is 0.478 e. The highest BCUT2D eigenvalue weighted by Crippen LogP contribution is 2.35. The predicted molar refractivity (Wildman–Crippen MR) is 133 cm³/mol. The van der Waals surface area contributed by atoms with Gasteiger partial charge in [-0.3, -0.25) is 9.98 Å². The van der Waals surface area contributed by atoms with Crippen LogP contribution in [0.4, 0.5) is 0 Å². The van der Waals surface area contributed by atoms with Crippen molar-refractivity contribution in [1.29, 1.82) is 0 Å². The SMILES string of the molecule is C#C/C=C\C(=NC)[C@H](C)n1cc(-c2ccc(C(=O)O)cc2)c2ncc(-c3c(C)noc3C)cc21. The molecule has 1 aromatic carbocycles. The van der Waals surface area contributed by atoms with Crippen LogP contribution in [0.3, 0.4) is 0 Å². The Kier molecular flexibility index (Phi) is 6.15. The molecule has 7 heteroatoms. The van der Waals surface area contributed by atoms with Crippen LogP contribution in [0.2, 0.25) is 0 Å². The molecule has 34 heavy (non-hydrogen) atoms. The van der Waals surface area contributed by atoms with Crippen LogP contribution in [-0.2, 0) is 0 Å². The van der Waals surface area contributed by atoms with Gasteiger partial charge in [0.05, 0.1) is 34.0 Å². The van der Waals surface area contributed by atoms with Crippen LogP contribution in [0.15, 0.2) is 64.4 Å². The number of allylic oxidation sites excluding steroid dienone is 2. The molecular formula is C27H24N4O3. The van der Waals surface area contributed by atoms with Crippen molar-refractivity contribution in [1.82, 2.24) is 14.7 Å². The average molecular weight is 453 g/mol. The Balaban J connectivity index is 1.94. The zero-order valence-corrected chi connectivity index (χ0v) is 19.4. The van der Waals surface area contributed by atoms with Crippen LogP contribution in [0, 0.1) is 26.2 Å². The van der Waals surface area contributed by atoms with Gasteiger partial charge in [0.2, 0.25) is 0 Å². The van der Waals surface area contributed by atoms with Gasteiger partial charge in [-0.1, -0.05) is 23.2 Å². The number of carboxylic acid groups (broad SMARTS) is 1. The number of hydrogen-bond acceptors (Lipinski definition) is 5. The smallest absolute Gasteiger partial charge is 0.335 e. The summed E-state index contributed by atoms with van der Waals surface area (Å²) in [5.41, 5.74) is 7.10. The summed E-state index contributed by atoms with van der Waals surface area (Å²) in [7, 11) is 1.73. The van der Waals surface area contributed by atoms with Crippen molar-refractivity contribution in [3.05, 3.63) is 71.9 Å². The lowest BCUT2D eigenvalue weighted by atomic mass is 10.0. The molecule has 0 saturated heterocycles. The maximum absolute atomic E-state index is 11.3. The van der Waals surface area contributed by atoms with E-state index < -0.39 is 5.97 Å². The minimum atomic E-state index is -0.964. The van der Waals surface area contributed by atoms with Crippen molar-refractivity contribution >= 4 is 22.7 Å². The normalized spacial score (nSPS) is 12.9. The molecule has 0 amide bonds. The molecule has 3 aromatic heterocycles. The molecule has 0 fully saturated rings. The summed E-state index contributed by atoms with van der Waals surface area (Å²) in [4.78, 5) is 20.5. The summed E-state index contributed by atoms with van der Waals surface area (Å²) in [6.07, 6.45) is 12.7. The van der Waals surface area contributed by atoms with Gasteiger partial charge in [-0.15, -0.1) is 6.42 Å². The summed E-state index contributed by atoms with van der Waals surface area (Å²) in [5, 5.41) is 13.3. The molecule has 3 heterocycles. The standard InChI is InChI=1S/C27H24N4O3/c1-6-7-8-23(28-5)17(3)31-15-22(19-9-11-20(12-10-19)27(32)33)26-24(31)13-21(14-29-26)25-16(2)30-34-18(25)4/h1,7-15,17H,2-5H3,(H,32,33)/b8-7-,28-23?/t17-/m0/s1. The van der Waals surface area contributed by atoms with Crippen LogP contribution in [0.1, 0.15) is 34.8 Å². The first-order valence-corrected chi connectivity index (χ1v) is 10.7. The molecule has 0 unspecified atom stereocenters. The monoisotopic (exact) mass is 452 g/mol. The lowest BCUT2D eigenvalue weighted by Crippen LogP contribution is -2.14. The molecule has 0 aliphatic carbocycles. The van der Waals surface area contributed by atoms with Crippen molar-refractivity contribution in [2.75, 3.05) is 7.05 Å². The number of pyridine rings is 1. The molecule has 0 spiro atoms. The predicted octanol–water partition coefficient (Wildman–Crippen LogP) is 5.49. The van der Waals surface area contributed by atoms with Crippen molar-refractivity contribution in [2.24, 2.45) is 4.99 Å². The van der Waals surface area contributed by atoms with Crippen LogP contribution < -0.4 is 0 Å².